The van der Waals surface area contributed by atoms with Gasteiger partial charge in [-0.25, -0.2) is 4.79 Å². The Morgan fingerprint density at radius 2 is 1.94 bits per heavy atom. The van der Waals surface area contributed by atoms with Gasteiger partial charge in [0, 0.05) is 10.9 Å². The number of nitrogens with zero attached hydrogens (tertiary/aromatic N) is 1. The Morgan fingerprint density at radius 3 is 2.54 bits per heavy atom. The monoisotopic (exact) mass is 511 g/mol. The maximum atomic E-state index is 13.2. The van der Waals surface area contributed by atoms with E-state index >= 15 is 0 Å². The van der Waals surface area contributed by atoms with Gasteiger partial charge in [0.15, 0.2) is 0 Å². The Balaban J connectivity index is 0.00000342. The fraction of sp³-hybridized carbons (Fsp3) is 0.429. The van der Waals surface area contributed by atoms with Crippen molar-refractivity contribution in [1.82, 2.24) is 25.5 Å². The molecule has 14 heteroatoms. The molecule has 1 aromatic rings. The first-order valence-electron chi connectivity index (χ1n) is 10.5. The van der Waals surface area contributed by atoms with Gasteiger partial charge in [-0.1, -0.05) is 18.2 Å². The molecule has 35 heavy (non-hydrogen) atoms. The second-order valence-electron chi connectivity index (χ2n) is 8.65. The van der Waals surface area contributed by atoms with Gasteiger partial charge in [0.25, 0.3) is 11.5 Å². The van der Waals surface area contributed by atoms with Crippen molar-refractivity contribution in [2.45, 2.75) is 54.9 Å². The number of carboxylic acid groups (broad SMARTS) is 1. The molecule has 1 aromatic heterocycles. The van der Waals surface area contributed by atoms with Crippen LogP contribution in [0.4, 0.5) is 0 Å². The summed E-state index contributed by atoms with van der Waals surface area (Å²) < 4.78 is -0.811. The maximum absolute atomic E-state index is 13.2. The molecule has 0 saturated carbocycles. The van der Waals surface area contributed by atoms with Crippen LogP contribution < -0.4 is 56.5 Å². The minimum Gasteiger partial charge on any atom is -0.548 e. The summed E-state index contributed by atoms with van der Waals surface area (Å²) in [5.74, 6) is -3.48. The van der Waals surface area contributed by atoms with E-state index in [1.165, 1.54) is 16.7 Å². The van der Waals surface area contributed by atoms with E-state index in [4.69, 9.17) is 0 Å². The zero-order chi connectivity index (χ0) is 24.8. The van der Waals surface area contributed by atoms with Crippen LogP contribution in [0.5, 0.6) is 0 Å². The molecular weight excluding hydrogens is 489 g/mol. The SMILES string of the molecule is CC1(C)S[C@@H]2C(NC(=O)C(NC(=O)c3c[nH]c(=O)[nH]c3=O)C3=CCC=CC3)C(=O)N2[C@H]1C(=O)[O-].[Na+]. The molecule has 1 aliphatic carbocycles. The third-order valence-corrected chi connectivity index (χ3v) is 7.54. The molecule has 180 valence electrons. The minimum atomic E-state index is -1.37. The van der Waals surface area contributed by atoms with E-state index < -0.39 is 63.2 Å². The first-order valence-corrected chi connectivity index (χ1v) is 11.4. The summed E-state index contributed by atoms with van der Waals surface area (Å²) in [5, 5.41) is 16.1. The van der Waals surface area contributed by atoms with Gasteiger partial charge in [0.05, 0.1) is 12.0 Å². The number of allylic oxidation sites excluding steroid dienone is 3. The molecule has 3 aliphatic rings. The average Bonchev–Trinajstić information content (AvgIpc) is 3.04. The standard InChI is InChI=1S/C21H23N5O7S.Na/c1-21(2)13(19(31)32)26-17(30)12(18(26)34-21)24-16(29)11(9-6-4-3-5-7-9)23-14(27)10-8-22-20(33)25-15(10)28;/h3-4,7-8,11-13,18H,5-6H2,1-2H3,(H,23,27)(H,24,29)(H,31,32)(H2,22,25,28,33);/q;+1/p-1/t11?,12?,13-,18+;/m0./s1. The fourth-order valence-corrected chi connectivity index (χ4v) is 5.95. The molecule has 2 aliphatic heterocycles. The first-order chi connectivity index (χ1) is 16.0. The van der Waals surface area contributed by atoms with Crippen molar-refractivity contribution < 1.29 is 53.8 Å². The number of rotatable bonds is 6. The van der Waals surface area contributed by atoms with Crippen LogP contribution in [-0.2, 0) is 14.4 Å². The number of carboxylic acids is 1. The summed E-state index contributed by atoms with van der Waals surface area (Å²) in [6.45, 7) is 3.37. The Labute approximate surface area is 225 Å². The molecule has 3 amide bonds. The number of aromatic nitrogens is 2. The number of amides is 3. The molecule has 2 fully saturated rings. The summed E-state index contributed by atoms with van der Waals surface area (Å²) in [6, 6.07) is -3.30. The van der Waals surface area contributed by atoms with Gasteiger partial charge in [0.2, 0.25) is 11.8 Å². The van der Waals surface area contributed by atoms with Crippen LogP contribution >= 0.6 is 11.8 Å². The predicted molar refractivity (Wildman–Crippen MR) is 118 cm³/mol. The smallest absolute Gasteiger partial charge is 0.548 e. The summed E-state index contributed by atoms with van der Waals surface area (Å²) in [5.41, 5.74) is -1.53. The van der Waals surface area contributed by atoms with Gasteiger partial charge < -0.3 is 30.4 Å². The number of nitrogens with one attached hydrogen (secondary N) is 4. The molecule has 12 nitrogen and oxygen atoms in total. The van der Waals surface area contributed by atoms with Gasteiger partial charge in [-0.3, -0.25) is 24.2 Å². The number of H-pyrrole nitrogens is 2. The topological polar surface area (TPSA) is 184 Å². The van der Waals surface area contributed by atoms with E-state index in [9.17, 15) is 33.9 Å². The van der Waals surface area contributed by atoms with Gasteiger partial charge in [-0.15, -0.1) is 11.8 Å². The molecule has 0 radical (unpaired) electrons. The zero-order valence-electron chi connectivity index (χ0n) is 19.2. The van der Waals surface area contributed by atoms with Gasteiger partial charge >= 0.3 is 35.2 Å². The predicted octanol–water partition coefficient (Wildman–Crippen LogP) is -5.26. The van der Waals surface area contributed by atoms with Crippen molar-refractivity contribution in [1.29, 1.82) is 0 Å². The number of thioether (sulfide) groups is 1. The quantitative estimate of drug-likeness (QED) is 0.166. The number of hydrogen-bond donors (Lipinski definition) is 4. The molecule has 2 saturated heterocycles. The molecule has 3 heterocycles. The van der Waals surface area contributed by atoms with Crippen LogP contribution in [0.3, 0.4) is 0 Å². The average molecular weight is 511 g/mol. The zero-order valence-corrected chi connectivity index (χ0v) is 22.1. The van der Waals surface area contributed by atoms with Crippen molar-refractivity contribution in [2.75, 3.05) is 0 Å². The van der Waals surface area contributed by atoms with Crippen LogP contribution in [0.2, 0.25) is 0 Å². The largest absolute Gasteiger partial charge is 1.00 e. The van der Waals surface area contributed by atoms with Crippen LogP contribution in [0.15, 0.2) is 39.6 Å². The molecule has 0 bridgehead atoms. The molecule has 2 unspecified atom stereocenters. The second kappa shape index (κ2) is 10.2. The molecule has 4 N–H and O–H groups in total. The Bertz CT molecular complexity index is 1250. The van der Waals surface area contributed by atoms with Crippen LogP contribution in [0.25, 0.3) is 0 Å². The Morgan fingerprint density at radius 1 is 1.23 bits per heavy atom. The van der Waals surface area contributed by atoms with E-state index in [1.54, 1.807) is 19.9 Å². The number of carbonyl (C=O) groups is 4. The minimum absolute atomic E-state index is 0. The fourth-order valence-electron chi connectivity index (χ4n) is 4.33. The van der Waals surface area contributed by atoms with Gasteiger partial charge in [-0.2, -0.15) is 0 Å². The van der Waals surface area contributed by atoms with Crippen molar-refractivity contribution in [3.05, 3.63) is 56.4 Å². The van der Waals surface area contributed by atoms with E-state index in [0.29, 0.717) is 18.4 Å². The van der Waals surface area contributed by atoms with Crippen molar-refractivity contribution >= 4 is 35.5 Å². The van der Waals surface area contributed by atoms with Gasteiger partial charge in [0.1, 0.15) is 23.0 Å². The number of fused-ring (bicyclic) bond motifs is 1. The molecule has 4 rings (SSSR count). The number of carbonyl (C=O) groups excluding carboxylic acids is 4. The normalized spacial score (nSPS) is 24.9. The van der Waals surface area contributed by atoms with Crippen molar-refractivity contribution in [3.63, 3.8) is 0 Å². The maximum Gasteiger partial charge on any atom is 1.00 e. The van der Waals surface area contributed by atoms with Crippen molar-refractivity contribution in [3.8, 4) is 0 Å². The number of hydrogen-bond acceptors (Lipinski definition) is 8. The van der Waals surface area contributed by atoms with Crippen LogP contribution in [0.1, 0.15) is 37.0 Å². The van der Waals surface area contributed by atoms with Crippen molar-refractivity contribution in [2.24, 2.45) is 0 Å². The van der Waals surface area contributed by atoms with Gasteiger partial charge in [-0.05, 0) is 32.3 Å². The summed E-state index contributed by atoms with van der Waals surface area (Å²) in [4.78, 5) is 78.8. The number of aliphatic carboxylic acids is 1. The summed E-state index contributed by atoms with van der Waals surface area (Å²) in [7, 11) is 0. The molecular formula is C21H22N5NaO7S. The first kappa shape index (κ1) is 27.0. The summed E-state index contributed by atoms with van der Waals surface area (Å²) >= 11 is 1.25. The molecule has 0 spiro atoms. The second-order valence-corrected chi connectivity index (χ2v) is 10.4. The molecule has 0 aromatic carbocycles. The number of β-lactam (4-membered cyclic amide) rings is 1. The van der Waals surface area contributed by atoms with E-state index in [0.717, 1.165) is 6.20 Å². The third-order valence-electron chi connectivity index (χ3n) is 5.97. The van der Waals surface area contributed by atoms with E-state index in [-0.39, 0.29) is 35.1 Å². The van der Waals surface area contributed by atoms with Crippen LogP contribution in [-0.4, -0.2) is 66.8 Å². The number of aromatic amines is 2. The summed E-state index contributed by atoms with van der Waals surface area (Å²) in [6.07, 6.45) is 7.32. The van der Waals surface area contributed by atoms with Crippen LogP contribution in [0, 0.1) is 0 Å². The molecule has 4 atom stereocenters. The third kappa shape index (κ3) is 5.03. The Hall–Kier alpha value is -2.61. The van der Waals surface area contributed by atoms with E-state index in [1.807, 2.05) is 17.1 Å². The Kier molecular flexibility index (Phi) is 7.84. The van der Waals surface area contributed by atoms with E-state index in [2.05, 4.69) is 15.6 Å².